The van der Waals surface area contributed by atoms with E-state index in [9.17, 15) is 0 Å². The normalized spacial score (nSPS) is 18.5. The quantitative estimate of drug-likeness (QED) is 0.0945. The zero-order chi connectivity index (χ0) is 39.0. The fourth-order valence-electron chi connectivity index (χ4n) is 10.8. The molecule has 0 saturated carbocycles. The smallest absolute Gasteiger partial charge is 0.198 e. The molecule has 0 radical (unpaired) electrons. The minimum Gasteiger partial charge on any atom is -0.358 e. The number of nitrogens with one attached hydrogen (secondary N) is 1. The molecule has 5 aromatic rings. The molecule has 3 aliphatic carbocycles. The van der Waals surface area contributed by atoms with Crippen LogP contribution in [0.3, 0.4) is 0 Å². The summed E-state index contributed by atoms with van der Waals surface area (Å²) in [6.45, 7) is 14.2. The van der Waals surface area contributed by atoms with E-state index in [4.69, 9.17) is 0 Å². The number of hydrogen-bond donors (Lipinski definition) is 1. The van der Waals surface area contributed by atoms with Crippen LogP contribution in [0.4, 0.5) is 22.7 Å². The zero-order valence-corrected chi connectivity index (χ0v) is 35.3. The number of hydrogen-bond acceptors (Lipinski definition) is 3. The predicted molar refractivity (Wildman–Crippen MR) is 248 cm³/mol. The fraction of sp³-hybridized carbons (Fsp3) is 0.283. The summed E-state index contributed by atoms with van der Waals surface area (Å²) in [6, 6.07) is 37.1. The van der Waals surface area contributed by atoms with E-state index in [1.807, 2.05) is 11.8 Å². The first-order valence-corrected chi connectivity index (χ1v) is 22.4. The van der Waals surface area contributed by atoms with Crippen LogP contribution in [0.25, 0.3) is 16.7 Å². The van der Waals surface area contributed by atoms with Gasteiger partial charge in [0, 0.05) is 50.1 Å². The van der Waals surface area contributed by atoms with Crippen LogP contribution in [0.15, 0.2) is 142 Å². The lowest BCUT2D eigenvalue weighted by Gasteiger charge is -2.47. The van der Waals surface area contributed by atoms with Crippen molar-refractivity contribution in [2.75, 3.05) is 16.0 Å². The van der Waals surface area contributed by atoms with Gasteiger partial charge >= 0.3 is 0 Å². The molecular weight excluding hydrogens is 707 g/mol. The second-order valence-electron chi connectivity index (χ2n) is 17.4. The number of benzene rings is 5. The van der Waals surface area contributed by atoms with E-state index in [2.05, 4.69) is 161 Å². The highest BCUT2D eigenvalue weighted by molar-refractivity contribution is 7.99. The van der Waals surface area contributed by atoms with Gasteiger partial charge in [0.15, 0.2) is 7.28 Å². The lowest BCUT2D eigenvalue weighted by molar-refractivity contribution is 0.632. The fourth-order valence-corrected chi connectivity index (χ4v) is 11.8. The third-order valence-corrected chi connectivity index (χ3v) is 14.7. The molecule has 0 aromatic heterocycles. The Morgan fingerprint density at radius 2 is 1.60 bits per heavy atom. The average molecular weight is 761 g/mol. The first-order chi connectivity index (χ1) is 27.8. The molecule has 2 nitrogen and oxygen atoms in total. The summed E-state index contributed by atoms with van der Waals surface area (Å²) in [5, 5.41) is 4.10. The second kappa shape index (κ2) is 14.2. The third kappa shape index (κ3) is 5.76. The van der Waals surface area contributed by atoms with Gasteiger partial charge in [-0.3, -0.25) is 0 Å². The van der Waals surface area contributed by atoms with E-state index in [1.54, 1.807) is 22.3 Å². The van der Waals surface area contributed by atoms with E-state index in [0.29, 0.717) is 5.92 Å². The molecule has 1 N–H and O–H groups in total. The maximum Gasteiger partial charge on any atom is 0.198 e. The third-order valence-electron chi connectivity index (χ3n) is 13.6. The van der Waals surface area contributed by atoms with Crippen LogP contribution in [-0.4, -0.2) is 13.0 Å². The summed E-state index contributed by atoms with van der Waals surface area (Å²) in [6.07, 6.45) is 11.7. The number of unbranched alkanes of at least 4 members (excludes halogenated alkanes) is 1. The van der Waals surface area contributed by atoms with Gasteiger partial charge in [0.1, 0.15) is 0 Å². The maximum absolute atomic E-state index is 4.10. The summed E-state index contributed by atoms with van der Waals surface area (Å²) in [5.41, 5.74) is 26.6. The van der Waals surface area contributed by atoms with Gasteiger partial charge in [0.05, 0.1) is 5.69 Å². The second-order valence-corrected chi connectivity index (χ2v) is 18.6. The Kier molecular flexibility index (Phi) is 9.05. The number of aryl methyl sites for hydroxylation is 2. The van der Waals surface area contributed by atoms with Crippen LogP contribution < -0.4 is 21.1 Å². The highest BCUT2D eigenvalue weighted by Gasteiger charge is 2.44. The van der Waals surface area contributed by atoms with Crippen molar-refractivity contribution in [3.8, 4) is 11.1 Å². The van der Waals surface area contributed by atoms with Gasteiger partial charge in [-0.1, -0.05) is 118 Å². The van der Waals surface area contributed by atoms with E-state index < -0.39 is 0 Å². The number of rotatable bonds is 8. The van der Waals surface area contributed by atoms with Crippen molar-refractivity contribution in [3.63, 3.8) is 0 Å². The summed E-state index contributed by atoms with van der Waals surface area (Å²) in [4.78, 5) is 4.04. The minimum absolute atomic E-state index is 0.115. The lowest BCUT2D eigenvalue weighted by atomic mass is 9.54. The Balaban J connectivity index is 1.24. The highest BCUT2D eigenvalue weighted by atomic mass is 32.2. The van der Waals surface area contributed by atoms with Crippen LogP contribution in [-0.2, 0) is 5.41 Å². The Bertz CT molecular complexity index is 2600. The topological polar surface area (TPSA) is 15.3 Å². The molecule has 0 saturated heterocycles. The molecule has 2 aliphatic heterocycles. The SMILES string of the molecule is CCCCSc1ccc(NC2=C(c3cc(C)c(-c4ccccc4C)c4c3Bc3cccc5c3N4c3ccccc3C5(C)C)C3=C(CC2)C2=C(C=CCC2)C3C)cc1. The number of nitrogens with zero attached hydrogens (tertiary/aromatic N) is 1. The van der Waals surface area contributed by atoms with E-state index in [-0.39, 0.29) is 5.41 Å². The average Bonchev–Trinajstić information content (AvgIpc) is 3.51. The molecular formula is C53H53BN2S. The van der Waals surface area contributed by atoms with Gasteiger partial charge in [0.25, 0.3) is 0 Å². The molecule has 0 amide bonds. The van der Waals surface area contributed by atoms with Gasteiger partial charge < -0.3 is 10.2 Å². The number of fused-ring (bicyclic) bond motifs is 5. The monoisotopic (exact) mass is 760 g/mol. The van der Waals surface area contributed by atoms with Crippen molar-refractivity contribution in [1.29, 1.82) is 0 Å². The first kappa shape index (κ1) is 36.4. The summed E-state index contributed by atoms with van der Waals surface area (Å²) >= 11 is 1.97. The summed E-state index contributed by atoms with van der Waals surface area (Å²) in [5.74, 6) is 1.52. The van der Waals surface area contributed by atoms with Crippen LogP contribution >= 0.6 is 11.8 Å². The molecule has 57 heavy (non-hydrogen) atoms. The number of anilines is 4. The Morgan fingerprint density at radius 1 is 0.807 bits per heavy atom. The van der Waals surface area contributed by atoms with E-state index in [1.165, 1.54) is 107 Å². The Labute approximate surface area is 345 Å². The molecule has 284 valence electrons. The zero-order valence-electron chi connectivity index (χ0n) is 34.5. The molecule has 1 unspecified atom stereocenters. The number of para-hydroxylation sites is 2. The van der Waals surface area contributed by atoms with Crippen molar-refractivity contribution < 1.29 is 0 Å². The minimum atomic E-state index is -0.115. The molecule has 5 aliphatic rings. The maximum atomic E-state index is 4.10. The molecule has 5 aromatic carbocycles. The van der Waals surface area contributed by atoms with E-state index >= 15 is 0 Å². The summed E-state index contributed by atoms with van der Waals surface area (Å²) < 4.78 is 0. The highest BCUT2D eigenvalue weighted by Crippen LogP contribution is 2.57. The Morgan fingerprint density at radius 3 is 2.42 bits per heavy atom. The van der Waals surface area contributed by atoms with Crippen LogP contribution in [0.1, 0.15) is 94.0 Å². The Hall–Kier alpha value is -4.93. The lowest BCUT2D eigenvalue weighted by Crippen LogP contribution is -2.46. The standard InChI is InChI=1S/C53H53BN2S/c1-7-8-30-57-36-26-24-35(25-27-36)55-45-29-28-40-39-19-12-11-18-38(39)34(4)48(40)49(45)41-31-33(3)47(37-17-10-9-16-32(37)2)52-50(41)54-44-22-15-21-43-51(44)56(52)46-23-14-13-20-42(46)53(43,5)6/h9-11,13-18,20-27,31,34,54-55H,7-8,12,19,28-30H2,1-6H3. The predicted octanol–water partition coefficient (Wildman–Crippen LogP) is 12.9. The van der Waals surface area contributed by atoms with Gasteiger partial charge in [0.2, 0.25) is 0 Å². The van der Waals surface area contributed by atoms with Crippen molar-refractivity contribution in [3.05, 3.63) is 165 Å². The largest absolute Gasteiger partial charge is 0.358 e. The molecule has 10 rings (SSSR count). The summed E-state index contributed by atoms with van der Waals surface area (Å²) in [7, 11) is 0.895. The van der Waals surface area contributed by atoms with Crippen molar-refractivity contribution in [2.24, 2.45) is 5.92 Å². The molecule has 0 fully saturated rings. The molecule has 0 spiro atoms. The first-order valence-electron chi connectivity index (χ1n) is 21.4. The van der Waals surface area contributed by atoms with Crippen molar-refractivity contribution in [1.82, 2.24) is 0 Å². The number of allylic oxidation sites excluding steroid dienone is 8. The van der Waals surface area contributed by atoms with Crippen molar-refractivity contribution >= 4 is 58.3 Å². The molecule has 1 atom stereocenters. The van der Waals surface area contributed by atoms with Gasteiger partial charge in [-0.05, 0) is 143 Å². The van der Waals surface area contributed by atoms with Gasteiger partial charge in [-0.2, -0.15) is 0 Å². The molecule has 2 heterocycles. The van der Waals surface area contributed by atoms with Crippen molar-refractivity contribution in [2.45, 2.75) is 90.4 Å². The number of thioether (sulfide) groups is 1. The van der Waals surface area contributed by atoms with Gasteiger partial charge in [-0.25, -0.2) is 0 Å². The molecule has 0 bridgehead atoms. The van der Waals surface area contributed by atoms with Crippen LogP contribution in [0.2, 0.25) is 0 Å². The van der Waals surface area contributed by atoms with Crippen LogP contribution in [0.5, 0.6) is 0 Å². The van der Waals surface area contributed by atoms with E-state index in [0.717, 1.165) is 33.0 Å². The molecule has 4 heteroatoms. The van der Waals surface area contributed by atoms with Crippen LogP contribution in [0, 0.1) is 19.8 Å². The van der Waals surface area contributed by atoms with Gasteiger partial charge in [-0.15, -0.1) is 11.8 Å².